The van der Waals surface area contributed by atoms with Crippen LogP contribution in [-0.2, 0) is 29.7 Å². The Balaban J connectivity index is 2.82. The van der Waals surface area contributed by atoms with E-state index in [1.54, 1.807) is 28.4 Å². The fourth-order valence-corrected chi connectivity index (χ4v) is 2.54. The van der Waals surface area contributed by atoms with Crippen molar-refractivity contribution in [2.45, 2.75) is 13.2 Å². The number of nitrogens with zero attached hydrogens (tertiary/aromatic N) is 1. The minimum absolute atomic E-state index is 0.500. The molecular weight excluding hydrogens is 270 g/mol. The third kappa shape index (κ3) is 2.94. The second kappa shape index (κ2) is 6.74. The normalized spacial score (nSPS) is 10.9. The molecule has 0 saturated heterocycles. The van der Waals surface area contributed by atoms with E-state index in [4.69, 9.17) is 18.9 Å². The molecule has 0 aliphatic heterocycles. The Morgan fingerprint density at radius 2 is 1.62 bits per heavy atom. The molecule has 0 aliphatic carbocycles. The van der Waals surface area contributed by atoms with E-state index in [0.717, 1.165) is 33.5 Å². The van der Waals surface area contributed by atoms with E-state index >= 15 is 0 Å². The molecule has 0 bridgehead atoms. The molecule has 2 rings (SSSR count). The van der Waals surface area contributed by atoms with Gasteiger partial charge in [0.15, 0.2) is 6.20 Å². The molecule has 1 aromatic carbocycles. The van der Waals surface area contributed by atoms with Gasteiger partial charge in [0.2, 0.25) is 5.69 Å². The van der Waals surface area contributed by atoms with E-state index in [-0.39, 0.29) is 0 Å². The molecule has 5 nitrogen and oxygen atoms in total. The predicted molar refractivity (Wildman–Crippen MR) is 79.7 cm³/mol. The van der Waals surface area contributed by atoms with E-state index in [1.165, 1.54) is 0 Å². The Bertz CT molecular complexity index is 640. The summed E-state index contributed by atoms with van der Waals surface area (Å²) in [4.78, 5) is 0. The van der Waals surface area contributed by atoms with Crippen molar-refractivity contribution in [2.75, 3.05) is 28.4 Å². The van der Waals surface area contributed by atoms with Gasteiger partial charge in [0.05, 0.1) is 31.8 Å². The third-order valence-corrected chi connectivity index (χ3v) is 3.56. The standard InChI is InChI=1S/C16H22NO4/c1-17-8-13-12(6-11(20-4)7-16(13)21-5)14(9-18-2)15(17)10-19-3/h6-8H,9-10H2,1-5H3/q+1. The maximum atomic E-state index is 5.49. The molecule has 0 aliphatic rings. The van der Waals surface area contributed by atoms with Crippen LogP contribution in [0.15, 0.2) is 18.3 Å². The lowest BCUT2D eigenvalue weighted by molar-refractivity contribution is -0.680. The number of aryl methyl sites for hydroxylation is 1. The smallest absolute Gasteiger partial charge is 0.213 e. The monoisotopic (exact) mass is 292 g/mol. The van der Waals surface area contributed by atoms with Gasteiger partial charge in [0.1, 0.15) is 25.2 Å². The van der Waals surface area contributed by atoms with Gasteiger partial charge in [-0.3, -0.25) is 0 Å². The van der Waals surface area contributed by atoms with Gasteiger partial charge in [-0.15, -0.1) is 0 Å². The highest BCUT2D eigenvalue weighted by Crippen LogP contribution is 2.33. The van der Waals surface area contributed by atoms with Crippen LogP contribution in [0.25, 0.3) is 10.8 Å². The summed E-state index contributed by atoms with van der Waals surface area (Å²) in [5.41, 5.74) is 2.15. The molecule has 0 spiro atoms. The molecule has 0 N–H and O–H groups in total. The number of rotatable bonds is 6. The van der Waals surface area contributed by atoms with Crippen molar-refractivity contribution in [2.24, 2.45) is 7.05 Å². The first-order chi connectivity index (χ1) is 10.2. The minimum Gasteiger partial charge on any atom is -0.497 e. The van der Waals surface area contributed by atoms with E-state index in [2.05, 4.69) is 4.57 Å². The Morgan fingerprint density at radius 1 is 0.905 bits per heavy atom. The van der Waals surface area contributed by atoms with Crippen molar-refractivity contribution >= 4 is 10.8 Å². The van der Waals surface area contributed by atoms with E-state index in [0.29, 0.717) is 13.2 Å². The minimum atomic E-state index is 0.500. The number of aromatic nitrogens is 1. The lowest BCUT2D eigenvalue weighted by Gasteiger charge is -2.13. The Labute approximate surface area is 125 Å². The second-order valence-corrected chi connectivity index (χ2v) is 4.82. The summed E-state index contributed by atoms with van der Waals surface area (Å²) >= 11 is 0. The van der Waals surface area contributed by atoms with Crippen molar-refractivity contribution in [1.29, 1.82) is 0 Å². The molecular formula is C16H22NO4+. The quantitative estimate of drug-likeness (QED) is 0.763. The predicted octanol–water partition coefficient (Wildman–Crippen LogP) is 1.97. The van der Waals surface area contributed by atoms with Crippen LogP contribution in [0, 0.1) is 0 Å². The maximum absolute atomic E-state index is 5.49. The lowest BCUT2D eigenvalue weighted by Crippen LogP contribution is -2.35. The van der Waals surface area contributed by atoms with Gasteiger partial charge in [-0.1, -0.05) is 0 Å². The van der Waals surface area contributed by atoms with Gasteiger partial charge in [-0.05, 0) is 6.07 Å². The average Bonchev–Trinajstić information content (AvgIpc) is 2.50. The molecule has 1 heterocycles. The molecule has 114 valence electrons. The summed E-state index contributed by atoms with van der Waals surface area (Å²) in [6, 6.07) is 3.89. The van der Waals surface area contributed by atoms with Crippen LogP contribution >= 0.6 is 0 Å². The Kier molecular flexibility index (Phi) is 4.98. The van der Waals surface area contributed by atoms with Crippen molar-refractivity contribution in [3.05, 3.63) is 29.6 Å². The van der Waals surface area contributed by atoms with Gasteiger partial charge in [0.25, 0.3) is 0 Å². The number of hydrogen-bond donors (Lipinski definition) is 0. The van der Waals surface area contributed by atoms with Crippen LogP contribution < -0.4 is 14.0 Å². The molecule has 21 heavy (non-hydrogen) atoms. The zero-order valence-electron chi connectivity index (χ0n) is 13.2. The van der Waals surface area contributed by atoms with Gasteiger partial charge in [0, 0.05) is 25.7 Å². The molecule has 0 amide bonds. The summed E-state index contributed by atoms with van der Waals surface area (Å²) in [5, 5.41) is 2.07. The first-order valence-corrected chi connectivity index (χ1v) is 6.70. The zero-order chi connectivity index (χ0) is 15.4. The summed E-state index contributed by atoms with van der Waals surface area (Å²) in [6.45, 7) is 1.02. The molecule has 0 atom stereocenters. The molecule has 0 radical (unpaired) electrons. The first kappa shape index (κ1) is 15.5. The van der Waals surface area contributed by atoms with Crippen LogP contribution in [-0.4, -0.2) is 28.4 Å². The molecule has 0 fully saturated rings. The highest BCUT2D eigenvalue weighted by atomic mass is 16.5. The van der Waals surface area contributed by atoms with Gasteiger partial charge >= 0.3 is 0 Å². The summed E-state index contributed by atoms with van der Waals surface area (Å²) in [6.07, 6.45) is 2.04. The second-order valence-electron chi connectivity index (χ2n) is 4.82. The summed E-state index contributed by atoms with van der Waals surface area (Å²) in [5.74, 6) is 1.54. The van der Waals surface area contributed by atoms with Crippen molar-refractivity contribution < 1.29 is 23.5 Å². The van der Waals surface area contributed by atoms with Crippen LogP contribution in [0.5, 0.6) is 11.5 Å². The topological polar surface area (TPSA) is 40.8 Å². The van der Waals surface area contributed by atoms with Crippen molar-refractivity contribution in [1.82, 2.24) is 0 Å². The molecule has 1 aromatic heterocycles. The average molecular weight is 292 g/mol. The summed E-state index contributed by atoms with van der Waals surface area (Å²) in [7, 11) is 8.68. The van der Waals surface area contributed by atoms with Gasteiger partial charge in [-0.2, -0.15) is 0 Å². The Hall–Kier alpha value is -1.85. The SMILES string of the molecule is COCc1c(COC)[n+](C)cc2c(OC)cc(OC)cc12. The van der Waals surface area contributed by atoms with E-state index < -0.39 is 0 Å². The number of fused-ring (bicyclic) bond motifs is 1. The van der Waals surface area contributed by atoms with Crippen molar-refractivity contribution in [3.63, 3.8) is 0 Å². The highest BCUT2D eigenvalue weighted by molar-refractivity contribution is 5.91. The van der Waals surface area contributed by atoms with Crippen LogP contribution in [0.3, 0.4) is 0 Å². The van der Waals surface area contributed by atoms with Crippen molar-refractivity contribution in [3.8, 4) is 11.5 Å². The fourth-order valence-electron chi connectivity index (χ4n) is 2.54. The van der Waals surface area contributed by atoms with Gasteiger partial charge < -0.3 is 18.9 Å². The van der Waals surface area contributed by atoms with Crippen LogP contribution in [0.2, 0.25) is 0 Å². The van der Waals surface area contributed by atoms with E-state index in [1.807, 2.05) is 25.4 Å². The number of benzene rings is 1. The zero-order valence-corrected chi connectivity index (χ0v) is 13.2. The number of ether oxygens (including phenoxy) is 4. The number of hydrogen-bond acceptors (Lipinski definition) is 4. The number of methoxy groups -OCH3 is 4. The third-order valence-electron chi connectivity index (χ3n) is 3.56. The molecule has 0 saturated carbocycles. The number of pyridine rings is 1. The maximum Gasteiger partial charge on any atom is 0.213 e. The van der Waals surface area contributed by atoms with Gasteiger partial charge in [-0.25, -0.2) is 4.57 Å². The molecule has 0 unspecified atom stereocenters. The summed E-state index contributed by atoms with van der Waals surface area (Å²) < 4.78 is 23.6. The fraction of sp³-hybridized carbons (Fsp3) is 0.438. The lowest BCUT2D eigenvalue weighted by atomic mass is 10.0. The largest absolute Gasteiger partial charge is 0.497 e. The van der Waals surface area contributed by atoms with E-state index in [9.17, 15) is 0 Å². The first-order valence-electron chi connectivity index (χ1n) is 6.70. The Morgan fingerprint density at radius 3 is 2.19 bits per heavy atom. The highest BCUT2D eigenvalue weighted by Gasteiger charge is 2.21. The van der Waals surface area contributed by atoms with Crippen LogP contribution in [0.4, 0.5) is 0 Å². The van der Waals surface area contributed by atoms with Crippen LogP contribution in [0.1, 0.15) is 11.3 Å². The molecule has 5 heteroatoms. The molecule has 2 aromatic rings.